The second-order valence-corrected chi connectivity index (χ2v) is 6.55. The lowest BCUT2D eigenvalue weighted by Gasteiger charge is -2.09. The minimum atomic E-state index is 0.667. The van der Waals surface area contributed by atoms with Crippen molar-refractivity contribution in [2.45, 2.75) is 13.0 Å². The first-order chi connectivity index (χ1) is 11.6. The van der Waals surface area contributed by atoms with E-state index >= 15 is 0 Å². The zero-order valence-electron chi connectivity index (χ0n) is 14.1. The normalized spacial score (nSPS) is 11.3. The first-order valence-electron chi connectivity index (χ1n) is 8.11. The average molecular weight is 344 g/mol. The highest BCUT2D eigenvalue weighted by Crippen LogP contribution is 2.25. The molecule has 1 heterocycles. The van der Waals surface area contributed by atoms with Gasteiger partial charge < -0.3 is 9.64 Å². The minimum Gasteiger partial charge on any atom is -0.476 e. The van der Waals surface area contributed by atoms with Gasteiger partial charge in [-0.2, -0.15) is 0 Å². The van der Waals surface area contributed by atoms with Gasteiger partial charge in [-0.15, -0.1) is 5.10 Å². The van der Waals surface area contributed by atoms with Crippen molar-refractivity contribution in [1.82, 2.24) is 14.7 Å². The number of nitrogens with zero attached hydrogens (tertiary/aromatic N) is 3. The van der Waals surface area contributed by atoms with Crippen LogP contribution in [-0.4, -0.2) is 41.9 Å². The van der Waals surface area contributed by atoms with Crippen LogP contribution >= 0.6 is 11.6 Å². The van der Waals surface area contributed by atoms with E-state index in [2.05, 4.69) is 36.2 Å². The van der Waals surface area contributed by atoms with Crippen LogP contribution in [-0.2, 0) is 6.54 Å². The molecule has 2 aromatic carbocycles. The van der Waals surface area contributed by atoms with Crippen LogP contribution in [0.5, 0.6) is 5.88 Å². The molecule has 0 saturated carbocycles. The molecule has 24 heavy (non-hydrogen) atoms. The molecular weight excluding hydrogens is 322 g/mol. The Morgan fingerprint density at radius 1 is 1.08 bits per heavy atom. The Morgan fingerprint density at radius 2 is 1.83 bits per heavy atom. The summed E-state index contributed by atoms with van der Waals surface area (Å²) in [6.07, 6.45) is 0.978. The van der Waals surface area contributed by atoms with Gasteiger partial charge in [0, 0.05) is 11.6 Å². The highest BCUT2D eigenvalue weighted by atomic mass is 35.5. The summed E-state index contributed by atoms with van der Waals surface area (Å²) in [5.74, 6) is 0.707. The standard InChI is InChI=1S/C19H22ClN3O/c1-22(2)12-5-13-24-19-17-6-3-4-7-18(17)23(21-19)14-15-8-10-16(20)11-9-15/h3-4,6-11H,5,12-14H2,1-2H3. The maximum Gasteiger partial charge on any atom is 0.240 e. The Balaban J connectivity index is 1.79. The largest absolute Gasteiger partial charge is 0.476 e. The Morgan fingerprint density at radius 3 is 2.58 bits per heavy atom. The van der Waals surface area contributed by atoms with E-state index in [1.807, 2.05) is 41.1 Å². The number of rotatable bonds is 7. The van der Waals surface area contributed by atoms with Crippen LogP contribution in [0.4, 0.5) is 0 Å². The van der Waals surface area contributed by atoms with E-state index in [-0.39, 0.29) is 0 Å². The predicted octanol–water partition coefficient (Wildman–Crippen LogP) is 4.07. The summed E-state index contributed by atoms with van der Waals surface area (Å²) in [6.45, 7) is 2.36. The number of para-hydroxylation sites is 1. The third-order valence-corrected chi connectivity index (χ3v) is 4.11. The van der Waals surface area contributed by atoms with E-state index in [1.165, 1.54) is 0 Å². The van der Waals surface area contributed by atoms with Crippen molar-refractivity contribution in [3.63, 3.8) is 0 Å². The van der Waals surface area contributed by atoms with Crippen LogP contribution in [0.3, 0.4) is 0 Å². The van der Waals surface area contributed by atoms with Gasteiger partial charge in [-0.05, 0) is 50.3 Å². The number of fused-ring (bicyclic) bond motifs is 1. The summed E-state index contributed by atoms with van der Waals surface area (Å²) in [7, 11) is 4.13. The Labute approximate surface area is 147 Å². The monoisotopic (exact) mass is 343 g/mol. The lowest BCUT2D eigenvalue weighted by atomic mass is 10.2. The Hall–Kier alpha value is -2.04. The molecular formula is C19H22ClN3O. The van der Waals surface area contributed by atoms with Crippen LogP contribution in [0.25, 0.3) is 10.9 Å². The van der Waals surface area contributed by atoms with E-state index in [9.17, 15) is 0 Å². The van der Waals surface area contributed by atoms with Crippen molar-refractivity contribution in [3.8, 4) is 5.88 Å². The summed E-state index contributed by atoms with van der Waals surface area (Å²) in [5.41, 5.74) is 2.24. The molecule has 0 amide bonds. The highest BCUT2D eigenvalue weighted by Gasteiger charge is 2.11. The molecule has 0 aliphatic carbocycles. The summed E-state index contributed by atoms with van der Waals surface area (Å²) in [5, 5.41) is 6.47. The molecule has 0 unspecified atom stereocenters. The predicted molar refractivity (Wildman–Crippen MR) is 99.0 cm³/mol. The van der Waals surface area contributed by atoms with Gasteiger partial charge in [0.25, 0.3) is 0 Å². The van der Waals surface area contributed by atoms with E-state index in [0.29, 0.717) is 19.0 Å². The molecule has 1 aromatic heterocycles. The van der Waals surface area contributed by atoms with Gasteiger partial charge >= 0.3 is 0 Å². The van der Waals surface area contributed by atoms with Crippen molar-refractivity contribution >= 4 is 22.5 Å². The van der Waals surface area contributed by atoms with Crippen molar-refractivity contribution in [2.75, 3.05) is 27.2 Å². The van der Waals surface area contributed by atoms with Crippen molar-refractivity contribution in [3.05, 3.63) is 59.1 Å². The third kappa shape index (κ3) is 4.08. The van der Waals surface area contributed by atoms with Gasteiger partial charge in [0.15, 0.2) is 0 Å². The smallest absolute Gasteiger partial charge is 0.240 e. The molecule has 0 N–H and O–H groups in total. The summed E-state index contributed by atoms with van der Waals surface area (Å²) < 4.78 is 7.91. The molecule has 0 aliphatic heterocycles. The summed E-state index contributed by atoms with van der Waals surface area (Å²) in [4.78, 5) is 2.15. The van der Waals surface area contributed by atoms with Crippen molar-refractivity contribution < 1.29 is 4.74 Å². The van der Waals surface area contributed by atoms with Crippen LogP contribution in [0.1, 0.15) is 12.0 Å². The van der Waals surface area contributed by atoms with Gasteiger partial charge in [-0.1, -0.05) is 35.9 Å². The number of benzene rings is 2. The summed E-state index contributed by atoms with van der Waals surface area (Å²) >= 11 is 5.96. The highest BCUT2D eigenvalue weighted by molar-refractivity contribution is 6.30. The van der Waals surface area contributed by atoms with Gasteiger partial charge in [0.2, 0.25) is 5.88 Å². The maximum atomic E-state index is 5.96. The number of aromatic nitrogens is 2. The molecule has 0 saturated heterocycles. The Bertz CT molecular complexity index is 796. The Kier molecular flexibility index (Phi) is 5.38. The van der Waals surface area contributed by atoms with Crippen molar-refractivity contribution in [2.24, 2.45) is 0 Å². The average Bonchev–Trinajstić information content (AvgIpc) is 2.92. The van der Waals surface area contributed by atoms with Crippen molar-refractivity contribution in [1.29, 1.82) is 0 Å². The molecule has 3 aromatic rings. The van der Waals surface area contributed by atoms with Crippen LogP contribution in [0.15, 0.2) is 48.5 Å². The minimum absolute atomic E-state index is 0.667. The molecule has 0 fully saturated rings. The van der Waals surface area contributed by atoms with Gasteiger partial charge in [0.1, 0.15) is 0 Å². The summed E-state index contributed by atoms with van der Waals surface area (Å²) in [6, 6.07) is 16.0. The zero-order chi connectivity index (χ0) is 16.9. The van der Waals surface area contributed by atoms with Crippen LogP contribution in [0, 0.1) is 0 Å². The quantitative estimate of drug-likeness (QED) is 0.606. The van der Waals surface area contributed by atoms with E-state index in [1.54, 1.807) is 0 Å². The zero-order valence-corrected chi connectivity index (χ0v) is 14.8. The SMILES string of the molecule is CN(C)CCCOc1nn(Cc2ccc(Cl)cc2)c2ccccc12. The topological polar surface area (TPSA) is 30.3 Å². The first kappa shape index (κ1) is 16.8. The number of halogens is 1. The van der Waals surface area contributed by atoms with E-state index in [4.69, 9.17) is 16.3 Å². The molecule has 4 nitrogen and oxygen atoms in total. The molecule has 3 rings (SSSR count). The maximum absolute atomic E-state index is 5.96. The van der Waals surface area contributed by atoms with E-state index in [0.717, 1.165) is 34.5 Å². The molecule has 126 valence electrons. The van der Waals surface area contributed by atoms with Gasteiger partial charge in [-0.25, -0.2) is 0 Å². The fourth-order valence-electron chi connectivity index (χ4n) is 2.64. The number of hydrogen-bond acceptors (Lipinski definition) is 3. The van der Waals surface area contributed by atoms with Crippen LogP contribution < -0.4 is 4.74 Å². The van der Waals surface area contributed by atoms with Gasteiger partial charge in [-0.3, -0.25) is 4.68 Å². The molecule has 0 aliphatic rings. The molecule has 0 radical (unpaired) electrons. The lowest BCUT2D eigenvalue weighted by Crippen LogP contribution is -2.15. The van der Waals surface area contributed by atoms with Crippen LogP contribution in [0.2, 0.25) is 5.02 Å². The first-order valence-corrected chi connectivity index (χ1v) is 8.49. The molecule has 0 spiro atoms. The molecule has 0 atom stereocenters. The molecule has 5 heteroatoms. The fourth-order valence-corrected chi connectivity index (χ4v) is 2.76. The second-order valence-electron chi connectivity index (χ2n) is 6.11. The fraction of sp³-hybridized carbons (Fsp3) is 0.316. The third-order valence-electron chi connectivity index (χ3n) is 3.86. The lowest BCUT2D eigenvalue weighted by molar-refractivity contribution is 0.273. The second kappa shape index (κ2) is 7.69. The van der Waals surface area contributed by atoms with Gasteiger partial charge in [0.05, 0.1) is 24.1 Å². The number of hydrogen-bond donors (Lipinski definition) is 0. The number of ether oxygens (including phenoxy) is 1. The van der Waals surface area contributed by atoms with E-state index < -0.39 is 0 Å². The molecule has 0 bridgehead atoms.